The quantitative estimate of drug-likeness (QED) is 0.817. The largest absolute Gasteiger partial charge is 0.384 e. The van der Waals surface area contributed by atoms with Crippen molar-refractivity contribution in [3.63, 3.8) is 0 Å². The Bertz CT molecular complexity index is 476. The van der Waals surface area contributed by atoms with E-state index >= 15 is 0 Å². The van der Waals surface area contributed by atoms with Crippen molar-refractivity contribution in [2.75, 3.05) is 0 Å². The number of aliphatic hydroxyl groups excluding tert-OH is 1. The van der Waals surface area contributed by atoms with E-state index < -0.39 is 6.10 Å². The summed E-state index contributed by atoms with van der Waals surface area (Å²) in [6, 6.07) is 13.6. The third-order valence-corrected chi connectivity index (χ3v) is 2.67. The van der Waals surface area contributed by atoms with Crippen molar-refractivity contribution < 1.29 is 9.50 Å². The van der Waals surface area contributed by atoms with Crippen LogP contribution in [0, 0.1) is 12.7 Å². The van der Waals surface area contributed by atoms with Crippen LogP contribution in [-0.4, -0.2) is 5.11 Å². The summed E-state index contributed by atoms with van der Waals surface area (Å²) < 4.78 is 12.8. The van der Waals surface area contributed by atoms with Gasteiger partial charge in [-0.1, -0.05) is 36.4 Å². The van der Waals surface area contributed by atoms with Gasteiger partial charge >= 0.3 is 0 Å². The van der Waals surface area contributed by atoms with Crippen LogP contribution in [0.25, 0.3) is 0 Å². The summed E-state index contributed by atoms with van der Waals surface area (Å²) >= 11 is 0. The fourth-order valence-corrected chi connectivity index (χ4v) is 1.72. The molecular weight excluding hydrogens is 203 g/mol. The van der Waals surface area contributed by atoms with Crippen LogP contribution in [0.4, 0.5) is 4.39 Å². The van der Waals surface area contributed by atoms with Crippen molar-refractivity contribution >= 4 is 0 Å². The second-order valence-corrected chi connectivity index (χ2v) is 3.81. The van der Waals surface area contributed by atoms with Crippen LogP contribution in [0.15, 0.2) is 48.5 Å². The molecule has 0 radical (unpaired) electrons. The van der Waals surface area contributed by atoms with Crippen molar-refractivity contribution in [2.45, 2.75) is 13.0 Å². The van der Waals surface area contributed by atoms with Gasteiger partial charge in [0.05, 0.1) is 0 Å². The van der Waals surface area contributed by atoms with Crippen molar-refractivity contribution in [1.82, 2.24) is 0 Å². The van der Waals surface area contributed by atoms with Gasteiger partial charge in [0, 0.05) is 0 Å². The lowest BCUT2D eigenvalue weighted by Crippen LogP contribution is -2.01. The van der Waals surface area contributed by atoms with Crippen molar-refractivity contribution in [3.05, 3.63) is 71.0 Å². The molecule has 0 aliphatic carbocycles. The Morgan fingerprint density at radius 2 is 1.62 bits per heavy atom. The molecule has 0 saturated heterocycles. The first kappa shape index (κ1) is 10.8. The van der Waals surface area contributed by atoms with Gasteiger partial charge in [-0.15, -0.1) is 0 Å². The van der Waals surface area contributed by atoms with Crippen molar-refractivity contribution in [2.24, 2.45) is 0 Å². The average molecular weight is 216 g/mol. The molecule has 2 aromatic carbocycles. The third kappa shape index (κ3) is 2.12. The highest BCUT2D eigenvalue weighted by molar-refractivity contribution is 5.34. The van der Waals surface area contributed by atoms with Crippen molar-refractivity contribution in [1.29, 1.82) is 0 Å². The molecule has 0 aliphatic rings. The lowest BCUT2D eigenvalue weighted by molar-refractivity contribution is 0.219. The second kappa shape index (κ2) is 4.45. The first-order chi connectivity index (χ1) is 7.68. The van der Waals surface area contributed by atoms with E-state index in [0.717, 1.165) is 11.1 Å². The minimum Gasteiger partial charge on any atom is -0.384 e. The van der Waals surface area contributed by atoms with Gasteiger partial charge in [0.25, 0.3) is 0 Å². The standard InChI is InChI=1S/C14H13FO/c1-10-4-2-3-5-13(10)14(16)11-6-8-12(15)9-7-11/h2-9,14,16H,1H3. The number of hydrogen-bond acceptors (Lipinski definition) is 1. The zero-order chi connectivity index (χ0) is 11.5. The smallest absolute Gasteiger partial charge is 0.123 e. The Balaban J connectivity index is 2.35. The van der Waals surface area contributed by atoms with Crippen LogP contribution >= 0.6 is 0 Å². The minimum atomic E-state index is -0.693. The molecule has 1 nitrogen and oxygen atoms in total. The van der Waals surface area contributed by atoms with E-state index in [1.54, 1.807) is 12.1 Å². The molecule has 0 bridgehead atoms. The second-order valence-electron chi connectivity index (χ2n) is 3.81. The van der Waals surface area contributed by atoms with Crippen LogP contribution < -0.4 is 0 Å². The number of aryl methyl sites for hydroxylation is 1. The van der Waals surface area contributed by atoms with Gasteiger partial charge < -0.3 is 5.11 Å². The highest BCUT2D eigenvalue weighted by atomic mass is 19.1. The molecule has 0 saturated carbocycles. The van der Waals surface area contributed by atoms with Crippen LogP contribution in [-0.2, 0) is 0 Å². The fourth-order valence-electron chi connectivity index (χ4n) is 1.72. The summed E-state index contributed by atoms with van der Waals surface area (Å²) in [6.07, 6.45) is -0.693. The molecule has 0 fully saturated rings. The van der Waals surface area contributed by atoms with E-state index in [1.165, 1.54) is 12.1 Å². The summed E-state index contributed by atoms with van der Waals surface area (Å²) in [5.74, 6) is -0.291. The lowest BCUT2D eigenvalue weighted by Gasteiger charge is -2.13. The maximum Gasteiger partial charge on any atom is 0.123 e. The zero-order valence-corrected chi connectivity index (χ0v) is 9.02. The molecule has 0 aliphatic heterocycles. The Morgan fingerprint density at radius 1 is 1.00 bits per heavy atom. The van der Waals surface area contributed by atoms with Gasteiger partial charge in [0.1, 0.15) is 11.9 Å². The predicted octanol–water partition coefficient (Wildman–Crippen LogP) is 3.22. The molecule has 0 spiro atoms. The molecule has 1 unspecified atom stereocenters. The van der Waals surface area contributed by atoms with Crippen LogP contribution in [0.2, 0.25) is 0 Å². The summed E-state index contributed by atoms with van der Waals surface area (Å²) in [7, 11) is 0. The van der Waals surface area contributed by atoms with E-state index in [1.807, 2.05) is 31.2 Å². The third-order valence-electron chi connectivity index (χ3n) is 2.67. The highest BCUT2D eigenvalue weighted by Crippen LogP contribution is 2.24. The molecule has 82 valence electrons. The maximum absolute atomic E-state index is 12.8. The number of rotatable bonds is 2. The molecule has 0 aromatic heterocycles. The van der Waals surface area contributed by atoms with E-state index in [4.69, 9.17) is 0 Å². The normalized spacial score (nSPS) is 12.4. The molecule has 1 atom stereocenters. The molecule has 1 N–H and O–H groups in total. The summed E-state index contributed by atoms with van der Waals surface area (Å²) in [6.45, 7) is 1.95. The van der Waals surface area contributed by atoms with Crippen LogP contribution in [0.5, 0.6) is 0 Å². The summed E-state index contributed by atoms with van der Waals surface area (Å²) in [5, 5.41) is 10.1. The van der Waals surface area contributed by atoms with Gasteiger partial charge in [-0.25, -0.2) is 4.39 Å². The first-order valence-corrected chi connectivity index (χ1v) is 5.17. The summed E-state index contributed by atoms with van der Waals surface area (Å²) in [4.78, 5) is 0. The number of aliphatic hydroxyl groups is 1. The van der Waals surface area contributed by atoms with Crippen LogP contribution in [0.3, 0.4) is 0 Å². The summed E-state index contributed by atoms with van der Waals surface area (Å²) in [5.41, 5.74) is 2.59. The topological polar surface area (TPSA) is 20.2 Å². The van der Waals surface area contributed by atoms with E-state index in [2.05, 4.69) is 0 Å². The van der Waals surface area contributed by atoms with Gasteiger partial charge in [0.15, 0.2) is 0 Å². The van der Waals surface area contributed by atoms with E-state index in [-0.39, 0.29) is 5.82 Å². The Kier molecular flexibility index (Phi) is 3.02. The van der Waals surface area contributed by atoms with Gasteiger partial charge in [-0.05, 0) is 35.7 Å². The molecule has 0 heterocycles. The SMILES string of the molecule is Cc1ccccc1C(O)c1ccc(F)cc1. The van der Waals surface area contributed by atoms with Gasteiger partial charge in [-0.3, -0.25) is 0 Å². The van der Waals surface area contributed by atoms with E-state index in [0.29, 0.717) is 5.56 Å². The van der Waals surface area contributed by atoms with E-state index in [9.17, 15) is 9.50 Å². The number of hydrogen-bond donors (Lipinski definition) is 1. The molecular formula is C14H13FO. The van der Waals surface area contributed by atoms with Crippen LogP contribution in [0.1, 0.15) is 22.8 Å². The molecule has 16 heavy (non-hydrogen) atoms. The lowest BCUT2D eigenvalue weighted by atomic mass is 9.98. The Morgan fingerprint density at radius 3 is 2.25 bits per heavy atom. The number of benzene rings is 2. The molecule has 2 heteroatoms. The predicted molar refractivity (Wildman–Crippen MR) is 61.6 cm³/mol. The maximum atomic E-state index is 12.8. The number of halogens is 1. The Labute approximate surface area is 94.2 Å². The molecule has 2 aromatic rings. The monoisotopic (exact) mass is 216 g/mol. The molecule has 2 rings (SSSR count). The highest BCUT2D eigenvalue weighted by Gasteiger charge is 2.11. The van der Waals surface area contributed by atoms with Gasteiger partial charge in [0.2, 0.25) is 0 Å². The van der Waals surface area contributed by atoms with Crippen molar-refractivity contribution in [3.8, 4) is 0 Å². The average Bonchev–Trinajstić information content (AvgIpc) is 2.30. The first-order valence-electron chi connectivity index (χ1n) is 5.17. The molecule has 0 amide bonds. The zero-order valence-electron chi connectivity index (χ0n) is 9.02. The Hall–Kier alpha value is -1.67. The van der Waals surface area contributed by atoms with Gasteiger partial charge in [-0.2, -0.15) is 0 Å². The fraction of sp³-hybridized carbons (Fsp3) is 0.143. The minimum absolute atomic E-state index is 0.291.